The minimum Gasteiger partial charge on any atom is -0.545 e. The van der Waals surface area contributed by atoms with Crippen molar-refractivity contribution in [2.45, 2.75) is 45.1 Å². The fourth-order valence-electron chi connectivity index (χ4n) is 3.01. The average molecular weight is 350 g/mol. The zero-order valence-electron chi connectivity index (χ0n) is 14.4. The molecule has 25 heavy (non-hydrogen) atoms. The number of unbranched alkanes of at least 4 members (excludes halogenated alkanes) is 2. The number of halogens is 2. The molecular weight excluding hydrogens is 328 g/mol. The number of carboxylic acid groups (broad SMARTS) is 1. The number of benzene rings is 1. The van der Waals surface area contributed by atoms with Gasteiger partial charge in [-0.1, -0.05) is 38.3 Å². The van der Waals surface area contributed by atoms with Crippen LogP contribution < -0.4 is 15.2 Å². The van der Waals surface area contributed by atoms with Crippen LogP contribution >= 0.6 is 0 Å². The van der Waals surface area contributed by atoms with Crippen LogP contribution in [0.1, 0.15) is 55.5 Å². The molecule has 1 unspecified atom stereocenters. The Kier molecular flexibility index (Phi) is 6.17. The van der Waals surface area contributed by atoms with Crippen LogP contribution in [0.5, 0.6) is 5.75 Å². The van der Waals surface area contributed by atoms with E-state index in [1.807, 2.05) is 6.08 Å². The van der Waals surface area contributed by atoms with Crippen LogP contribution in [-0.4, -0.2) is 12.6 Å². The first-order chi connectivity index (χ1) is 12.0. The summed E-state index contributed by atoms with van der Waals surface area (Å²) in [7, 11) is 0. The maximum absolute atomic E-state index is 14.5. The third-order valence-corrected chi connectivity index (χ3v) is 4.25. The largest absolute Gasteiger partial charge is 0.545 e. The zero-order chi connectivity index (χ0) is 18.4. The second-order valence-corrected chi connectivity index (χ2v) is 5.94. The SMILES string of the molecule is CCCCCC1(c2cc(C(=O)[O-])c(F)c(F)c2OCC)C=CC=CN1. The Bertz CT molecular complexity index is 700. The molecule has 0 radical (unpaired) electrons. The summed E-state index contributed by atoms with van der Waals surface area (Å²) < 4.78 is 34.0. The van der Waals surface area contributed by atoms with E-state index in [9.17, 15) is 18.7 Å². The van der Waals surface area contributed by atoms with E-state index < -0.39 is 28.7 Å². The Labute approximate surface area is 146 Å². The van der Waals surface area contributed by atoms with Crippen LogP contribution in [0.25, 0.3) is 0 Å². The minimum absolute atomic E-state index is 0.124. The maximum Gasteiger partial charge on any atom is 0.201 e. The zero-order valence-corrected chi connectivity index (χ0v) is 14.4. The molecule has 1 aliphatic heterocycles. The first-order valence-corrected chi connectivity index (χ1v) is 8.45. The summed E-state index contributed by atoms with van der Waals surface area (Å²) in [6.07, 6.45) is 10.4. The third kappa shape index (κ3) is 3.83. The lowest BCUT2D eigenvalue weighted by Crippen LogP contribution is -2.40. The molecule has 0 aromatic heterocycles. The molecule has 1 N–H and O–H groups in total. The molecule has 6 heteroatoms. The van der Waals surface area contributed by atoms with Gasteiger partial charge in [-0.25, -0.2) is 4.39 Å². The molecule has 1 aromatic carbocycles. The number of dihydropyridines is 1. The van der Waals surface area contributed by atoms with E-state index in [2.05, 4.69) is 12.2 Å². The van der Waals surface area contributed by atoms with Gasteiger partial charge in [-0.3, -0.25) is 0 Å². The molecule has 0 aliphatic carbocycles. The predicted octanol–water partition coefficient (Wildman–Crippen LogP) is 3.18. The number of hydrogen-bond donors (Lipinski definition) is 1. The Morgan fingerprint density at radius 1 is 1.24 bits per heavy atom. The summed E-state index contributed by atoms with van der Waals surface area (Å²) in [4.78, 5) is 11.2. The van der Waals surface area contributed by atoms with Crippen LogP contribution in [0.3, 0.4) is 0 Å². The van der Waals surface area contributed by atoms with Crippen molar-refractivity contribution in [1.29, 1.82) is 0 Å². The standard InChI is InChI=1S/C19H23F2NO3/c1-3-5-6-9-19(10-7-8-11-22-19)14-12-13(18(23)24)15(20)16(21)17(14)25-4-2/h7-8,10-12,22H,3-6,9H2,1-2H3,(H,23,24)/p-1. The number of hydrogen-bond acceptors (Lipinski definition) is 4. The normalized spacial score (nSPS) is 18.9. The maximum atomic E-state index is 14.5. The topological polar surface area (TPSA) is 61.4 Å². The van der Waals surface area contributed by atoms with Gasteiger partial charge in [0, 0.05) is 11.1 Å². The predicted molar refractivity (Wildman–Crippen MR) is 89.1 cm³/mol. The van der Waals surface area contributed by atoms with Gasteiger partial charge in [0.2, 0.25) is 5.82 Å². The van der Waals surface area contributed by atoms with Crippen molar-refractivity contribution in [3.63, 3.8) is 0 Å². The van der Waals surface area contributed by atoms with Gasteiger partial charge in [0.05, 0.1) is 18.1 Å². The van der Waals surface area contributed by atoms with Gasteiger partial charge in [0.1, 0.15) is 0 Å². The van der Waals surface area contributed by atoms with E-state index in [0.717, 1.165) is 25.3 Å². The van der Waals surface area contributed by atoms with E-state index in [-0.39, 0.29) is 17.9 Å². The van der Waals surface area contributed by atoms with Crippen molar-refractivity contribution in [2.75, 3.05) is 6.61 Å². The van der Waals surface area contributed by atoms with E-state index in [1.165, 1.54) is 0 Å². The monoisotopic (exact) mass is 350 g/mol. The number of ether oxygens (including phenoxy) is 1. The Morgan fingerprint density at radius 3 is 2.56 bits per heavy atom. The van der Waals surface area contributed by atoms with Crippen molar-refractivity contribution in [2.24, 2.45) is 0 Å². The molecule has 4 nitrogen and oxygen atoms in total. The summed E-state index contributed by atoms with van der Waals surface area (Å²) >= 11 is 0. The fourth-order valence-corrected chi connectivity index (χ4v) is 3.01. The summed E-state index contributed by atoms with van der Waals surface area (Å²) in [5.41, 5.74) is -1.42. The lowest BCUT2D eigenvalue weighted by atomic mass is 9.81. The van der Waals surface area contributed by atoms with Gasteiger partial charge >= 0.3 is 0 Å². The van der Waals surface area contributed by atoms with Crippen molar-refractivity contribution in [3.8, 4) is 5.75 Å². The molecule has 0 amide bonds. The molecule has 0 saturated carbocycles. The van der Waals surface area contributed by atoms with Crippen LogP contribution in [0.4, 0.5) is 8.78 Å². The second kappa shape index (κ2) is 8.14. The van der Waals surface area contributed by atoms with Crippen LogP contribution in [0.2, 0.25) is 0 Å². The Balaban J connectivity index is 2.64. The van der Waals surface area contributed by atoms with Gasteiger partial charge in [-0.2, -0.15) is 4.39 Å². The molecule has 1 aliphatic rings. The first-order valence-electron chi connectivity index (χ1n) is 8.45. The molecular formula is C19H22F2NO3-. The number of allylic oxidation sites excluding steroid dienone is 2. The fraction of sp³-hybridized carbons (Fsp3) is 0.421. The van der Waals surface area contributed by atoms with Crippen molar-refractivity contribution < 1.29 is 23.4 Å². The van der Waals surface area contributed by atoms with E-state index in [1.54, 1.807) is 25.3 Å². The van der Waals surface area contributed by atoms with E-state index in [4.69, 9.17) is 4.74 Å². The highest BCUT2D eigenvalue weighted by Crippen LogP contribution is 2.40. The first kappa shape index (κ1) is 19.0. The highest BCUT2D eigenvalue weighted by atomic mass is 19.2. The van der Waals surface area contributed by atoms with Gasteiger partial charge in [-0.15, -0.1) is 0 Å². The van der Waals surface area contributed by atoms with Gasteiger partial charge in [0.25, 0.3) is 0 Å². The van der Waals surface area contributed by atoms with Crippen molar-refractivity contribution in [3.05, 3.63) is 53.3 Å². The van der Waals surface area contributed by atoms with Gasteiger partial charge in [-0.05, 0) is 31.7 Å². The molecule has 1 heterocycles. The number of aromatic carboxylic acids is 1. The minimum atomic E-state index is -1.76. The third-order valence-electron chi connectivity index (χ3n) is 4.25. The number of rotatable bonds is 8. The molecule has 0 bridgehead atoms. The number of nitrogens with one attached hydrogen (secondary N) is 1. The Hall–Kier alpha value is -2.37. The van der Waals surface area contributed by atoms with Gasteiger partial charge in [0.15, 0.2) is 11.6 Å². The number of carboxylic acids is 1. The quantitative estimate of drug-likeness (QED) is 0.732. The summed E-state index contributed by atoms with van der Waals surface area (Å²) in [6, 6.07) is 1.11. The van der Waals surface area contributed by atoms with Crippen molar-refractivity contribution >= 4 is 5.97 Å². The highest BCUT2D eigenvalue weighted by molar-refractivity contribution is 5.87. The molecule has 1 atom stereocenters. The van der Waals surface area contributed by atoms with E-state index >= 15 is 0 Å². The molecule has 0 spiro atoms. The highest BCUT2D eigenvalue weighted by Gasteiger charge is 2.35. The molecule has 0 saturated heterocycles. The molecule has 0 fully saturated rings. The number of carbonyl (C=O) groups excluding carboxylic acids is 1. The smallest absolute Gasteiger partial charge is 0.201 e. The molecule has 2 rings (SSSR count). The number of carbonyl (C=O) groups is 1. The lowest BCUT2D eigenvalue weighted by molar-refractivity contribution is -0.255. The van der Waals surface area contributed by atoms with Gasteiger partial charge < -0.3 is 20.0 Å². The Morgan fingerprint density at radius 2 is 2.00 bits per heavy atom. The van der Waals surface area contributed by atoms with Crippen molar-refractivity contribution in [1.82, 2.24) is 5.32 Å². The molecule has 1 aromatic rings. The van der Waals surface area contributed by atoms with Crippen LogP contribution in [-0.2, 0) is 5.54 Å². The lowest BCUT2D eigenvalue weighted by Gasteiger charge is -2.35. The van der Waals surface area contributed by atoms with Crippen LogP contribution in [0.15, 0.2) is 30.5 Å². The summed E-state index contributed by atoms with van der Waals surface area (Å²) in [5, 5.41) is 14.4. The van der Waals surface area contributed by atoms with Crippen LogP contribution in [0, 0.1) is 11.6 Å². The summed E-state index contributed by atoms with van der Waals surface area (Å²) in [5.74, 6) is -4.81. The average Bonchev–Trinajstić information content (AvgIpc) is 2.60. The van der Waals surface area contributed by atoms with E-state index in [0.29, 0.717) is 6.42 Å². The molecule has 136 valence electrons. The second-order valence-electron chi connectivity index (χ2n) is 5.94. The summed E-state index contributed by atoms with van der Waals surface area (Å²) in [6.45, 7) is 3.84.